The molecule has 0 radical (unpaired) electrons. The maximum atomic E-state index is 12.0. The highest BCUT2D eigenvalue weighted by atomic mass is 32.2. The predicted octanol–water partition coefficient (Wildman–Crippen LogP) is 3.11. The van der Waals surface area contributed by atoms with Crippen LogP contribution >= 0.6 is 0 Å². The first-order valence-electron chi connectivity index (χ1n) is 5.50. The van der Waals surface area contributed by atoms with Crippen molar-refractivity contribution >= 4 is 11.1 Å². The Hall–Kier alpha value is -1.81. The highest BCUT2D eigenvalue weighted by molar-refractivity contribution is 7.80. The molecule has 0 aliphatic heterocycles. The lowest BCUT2D eigenvalue weighted by molar-refractivity contribution is 0.412. The zero-order valence-electron chi connectivity index (χ0n) is 10.3. The highest BCUT2D eigenvalue weighted by Crippen LogP contribution is 2.21. The third kappa shape index (κ3) is 3.11. The van der Waals surface area contributed by atoms with E-state index in [1.54, 1.807) is 37.4 Å². The van der Waals surface area contributed by atoms with Gasteiger partial charge in [0.1, 0.15) is 11.5 Å². The Bertz CT molecular complexity index is 549. The maximum absolute atomic E-state index is 12.0. The van der Waals surface area contributed by atoms with Crippen LogP contribution in [-0.2, 0) is 11.1 Å². The van der Waals surface area contributed by atoms with E-state index in [2.05, 4.69) is 0 Å². The third-order valence-electron chi connectivity index (χ3n) is 2.43. The van der Waals surface area contributed by atoms with Gasteiger partial charge in [0.15, 0.2) is 0 Å². The zero-order valence-corrected chi connectivity index (χ0v) is 11.1. The first-order chi connectivity index (χ1) is 8.69. The van der Waals surface area contributed by atoms with Gasteiger partial charge in [-0.15, -0.1) is 0 Å². The fourth-order valence-electron chi connectivity index (χ4n) is 1.44. The van der Waals surface area contributed by atoms with Crippen molar-refractivity contribution in [3.05, 3.63) is 54.1 Å². The monoisotopic (exact) mass is 262 g/mol. The molecule has 94 valence electrons. The molecule has 0 aliphatic carbocycles. The molecule has 0 fully saturated rings. The van der Waals surface area contributed by atoms with Crippen LogP contribution in [0.25, 0.3) is 0 Å². The summed E-state index contributed by atoms with van der Waals surface area (Å²) >= 11 is -1.51. The molecule has 18 heavy (non-hydrogen) atoms. The summed E-state index contributed by atoms with van der Waals surface area (Å²) in [6, 6.07) is 14.4. The molecule has 0 aromatic heterocycles. The molecular formula is C14H14O3S. The Morgan fingerprint density at radius 3 is 2.33 bits per heavy atom. The third-order valence-corrected chi connectivity index (χ3v) is 3.43. The minimum atomic E-state index is -1.51. The molecule has 2 aromatic carbocycles. The Balaban J connectivity index is 2.13. The maximum Gasteiger partial charge on any atom is 0.240 e. The van der Waals surface area contributed by atoms with E-state index in [1.165, 1.54) is 0 Å². The number of ether oxygens (including phenoxy) is 1. The molecule has 0 aliphatic rings. The van der Waals surface area contributed by atoms with Crippen molar-refractivity contribution in [3.8, 4) is 11.5 Å². The summed E-state index contributed by atoms with van der Waals surface area (Å²) in [6.07, 6.45) is 0. The van der Waals surface area contributed by atoms with Gasteiger partial charge in [-0.05, 0) is 31.2 Å². The fraction of sp³-hybridized carbons (Fsp3) is 0.143. The molecule has 1 atom stereocenters. The molecule has 2 rings (SSSR count). The summed E-state index contributed by atoms with van der Waals surface area (Å²) in [5, 5.41) is 0. The van der Waals surface area contributed by atoms with Crippen LogP contribution in [-0.4, -0.2) is 11.3 Å². The van der Waals surface area contributed by atoms with E-state index < -0.39 is 11.1 Å². The minimum absolute atomic E-state index is 0.522. The van der Waals surface area contributed by atoms with Gasteiger partial charge < -0.3 is 8.92 Å². The number of hydrogen-bond donors (Lipinski definition) is 0. The number of methoxy groups -OCH3 is 1. The van der Waals surface area contributed by atoms with Crippen LogP contribution in [0.2, 0.25) is 0 Å². The Morgan fingerprint density at radius 1 is 1.00 bits per heavy atom. The molecule has 4 heteroatoms. The van der Waals surface area contributed by atoms with Crippen molar-refractivity contribution < 1.29 is 13.1 Å². The Morgan fingerprint density at radius 2 is 1.67 bits per heavy atom. The average molecular weight is 262 g/mol. The lowest BCUT2D eigenvalue weighted by atomic mass is 10.2. The van der Waals surface area contributed by atoms with Crippen LogP contribution in [0.1, 0.15) is 5.56 Å². The van der Waals surface area contributed by atoms with Crippen molar-refractivity contribution in [1.82, 2.24) is 0 Å². The molecule has 1 unspecified atom stereocenters. The van der Waals surface area contributed by atoms with Crippen LogP contribution in [0, 0.1) is 6.92 Å². The van der Waals surface area contributed by atoms with Gasteiger partial charge in [0, 0.05) is 6.07 Å². The molecule has 0 saturated carbocycles. The largest absolute Gasteiger partial charge is 0.497 e. The SMILES string of the molecule is COc1cccc(OS(=O)c2ccc(C)cc2)c1. The average Bonchev–Trinajstić information content (AvgIpc) is 2.39. The zero-order chi connectivity index (χ0) is 13.0. The van der Waals surface area contributed by atoms with Crippen LogP contribution in [0.5, 0.6) is 11.5 Å². The molecule has 0 N–H and O–H groups in total. The second kappa shape index (κ2) is 5.69. The topological polar surface area (TPSA) is 35.5 Å². The first-order valence-corrected chi connectivity index (χ1v) is 6.57. The first kappa shape index (κ1) is 12.6. The van der Waals surface area contributed by atoms with Gasteiger partial charge in [-0.25, -0.2) is 4.21 Å². The van der Waals surface area contributed by atoms with E-state index in [4.69, 9.17) is 8.92 Å². The van der Waals surface area contributed by atoms with Gasteiger partial charge in [-0.2, -0.15) is 0 Å². The number of rotatable bonds is 4. The van der Waals surface area contributed by atoms with Gasteiger partial charge in [0.2, 0.25) is 11.1 Å². The lowest BCUT2D eigenvalue weighted by Crippen LogP contribution is -2.01. The molecule has 2 aromatic rings. The number of aryl methyl sites for hydroxylation is 1. The van der Waals surface area contributed by atoms with Gasteiger partial charge in [0.25, 0.3) is 0 Å². The van der Waals surface area contributed by atoms with Crippen molar-refractivity contribution in [2.45, 2.75) is 11.8 Å². The van der Waals surface area contributed by atoms with Crippen LogP contribution in [0.4, 0.5) is 0 Å². The number of hydrogen-bond acceptors (Lipinski definition) is 3. The Kier molecular flexibility index (Phi) is 3.99. The lowest BCUT2D eigenvalue weighted by Gasteiger charge is -2.06. The predicted molar refractivity (Wildman–Crippen MR) is 71.2 cm³/mol. The molecule has 0 saturated heterocycles. The van der Waals surface area contributed by atoms with Crippen LogP contribution < -0.4 is 8.92 Å². The van der Waals surface area contributed by atoms with Gasteiger partial charge in [0.05, 0.1) is 12.0 Å². The van der Waals surface area contributed by atoms with E-state index in [0.29, 0.717) is 16.4 Å². The van der Waals surface area contributed by atoms with Crippen molar-refractivity contribution in [1.29, 1.82) is 0 Å². The van der Waals surface area contributed by atoms with E-state index >= 15 is 0 Å². The second-order valence-corrected chi connectivity index (χ2v) is 4.92. The van der Waals surface area contributed by atoms with E-state index in [0.717, 1.165) is 5.56 Å². The summed E-state index contributed by atoms with van der Waals surface area (Å²) in [4.78, 5) is 0.642. The van der Waals surface area contributed by atoms with Crippen LogP contribution in [0.15, 0.2) is 53.4 Å². The van der Waals surface area contributed by atoms with Gasteiger partial charge in [-0.1, -0.05) is 23.8 Å². The van der Waals surface area contributed by atoms with Crippen molar-refractivity contribution in [2.75, 3.05) is 7.11 Å². The molecular weight excluding hydrogens is 248 g/mol. The van der Waals surface area contributed by atoms with Crippen LogP contribution in [0.3, 0.4) is 0 Å². The summed E-state index contributed by atoms with van der Waals surface area (Å²) in [6.45, 7) is 1.98. The summed E-state index contributed by atoms with van der Waals surface area (Å²) in [5.74, 6) is 1.20. The molecule has 0 heterocycles. The van der Waals surface area contributed by atoms with Crippen molar-refractivity contribution in [2.24, 2.45) is 0 Å². The van der Waals surface area contributed by atoms with E-state index in [-0.39, 0.29) is 0 Å². The highest BCUT2D eigenvalue weighted by Gasteiger charge is 2.06. The normalized spacial score (nSPS) is 11.9. The summed E-state index contributed by atoms with van der Waals surface area (Å²) < 4.78 is 22.4. The Labute approximate surface area is 109 Å². The van der Waals surface area contributed by atoms with E-state index in [9.17, 15) is 4.21 Å². The summed E-state index contributed by atoms with van der Waals surface area (Å²) in [7, 11) is 1.58. The molecule has 0 spiro atoms. The quantitative estimate of drug-likeness (QED) is 0.849. The summed E-state index contributed by atoms with van der Waals surface area (Å²) in [5.41, 5.74) is 1.12. The molecule has 3 nitrogen and oxygen atoms in total. The van der Waals surface area contributed by atoms with Crippen molar-refractivity contribution in [3.63, 3.8) is 0 Å². The molecule has 0 amide bonds. The van der Waals surface area contributed by atoms with E-state index in [1.807, 2.05) is 25.1 Å². The minimum Gasteiger partial charge on any atom is -0.497 e. The standard InChI is InChI=1S/C14H14O3S/c1-11-6-8-14(9-7-11)18(15)17-13-5-3-4-12(10-13)16-2/h3-10H,1-2H3. The smallest absolute Gasteiger partial charge is 0.240 e. The van der Waals surface area contributed by atoms with Gasteiger partial charge >= 0.3 is 0 Å². The van der Waals surface area contributed by atoms with Gasteiger partial charge in [-0.3, -0.25) is 0 Å². The molecule has 0 bridgehead atoms. The fourth-order valence-corrected chi connectivity index (χ4v) is 2.17. The number of benzene rings is 2. The second-order valence-electron chi connectivity index (χ2n) is 3.81.